The van der Waals surface area contributed by atoms with Gasteiger partial charge in [0.1, 0.15) is 0 Å². The fourth-order valence-corrected chi connectivity index (χ4v) is 1.74. The number of anilines is 1. The molecule has 0 fully saturated rings. The van der Waals surface area contributed by atoms with Crippen molar-refractivity contribution in [3.8, 4) is 0 Å². The number of rotatable bonds is 7. The zero-order valence-corrected chi connectivity index (χ0v) is 11.6. The number of nitrogens with two attached hydrogens (primary N) is 1. The first-order chi connectivity index (χ1) is 9.85. The number of aromatic carboxylic acids is 2. The molecular weight excluding hydrogens is 276 g/mol. The average Bonchev–Trinajstić information content (AvgIpc) is 2.44. The summed E-state index contributed by atoms with van der Waals surface area (Å²) in [5.74, 6) is -3.02. The normalized spacial score (nSPS) is 11.7. The van der Waals surface area contributed by atoms with E-state index in [1.807, 2.05) is 6.92 Å². The molecule has 7 heteroatoms. The Kier molecular flexibility index (Phi) is 5.86. The van der Waals surface area contributed by atoms with Gasteiger partial charge in [-0.1, -0.05) is 19.8 Å². The third kappa shape index (κ3) is 4.88. The molecule has 114 valence electrons. The highest BCUT2D eigenvalue weighted by molar-refractivity contribution is 5.99. The van der Waals surface area contributed by atoms with Gasteiger partial charge in [-0.3, -0.25) is 4.79 Å². The first-order valence-electron chi connectivity index (χ1n) is 6.53. The van der Waals surface area contributed by atoms with Crippen LogP contribution in [0, 0.1) is 0 Å². The van der Waals surface area contributed by atoms with Gasteiger partial charge in [-0.2, -0.15) is 0 Å². The van der Waals surface area contributed by atoms with Gasteiger partial charge >= 0.3 is 11.9 Å². The fourth-order valence-electron chi connectivity index (χ4n) is 1.74. The van der Waals surface area contributed by atoms with E-state index in [-0.39, 0.29) is 16.8 Å². The molecule has 0 bridgehead atoms. The van der Waals surface area contributed by atoms with Gasteiger partial charge in [0, 0.05) is 5.69 Å². The second-order valence-corrected chi connectivity index (χ2v) is 4.65. The van der Waals surface area contributed by atoms with E-state index < -0.39 is 23.9 Å². The Hall–Kier alpha value is -2.41. The highest BCUT2D eigenvalue weighted by Crippen LogP contribution is 2.16. The summed E-state index contributed by atoms with van der Waals surface area (Å²) >= 11 is 0. The van der Waals surface area contributed by atoms with Crippen LogP contribution in [0.1, 0.15) is 46.9 Å². The van der Waals surface area contributed by atoms with Crippen LogP contribution < -0.4 is 11.1 Å². The summed E-state index contributed by atoms with van der Waals surface area (Å²) in [5, 5.41) is 20.3. The van der Waals surface area contributed by atoms with Crippen LogP contribution in [0.25, 0.3) is 0 Å². The molecule has 0 radical (unpaired) electrons. The Morgan fingerprint density at radius 2 is 1.67 bits per heavy atom. The number of carbonyl (C=O) groups excluding carboxylic acids is 1. The molecule has 1 amide bonds. The van der Waals surface area contributed by atoms with Gasteiger partial charge < -0.3 is 21.3 Å². The van der Waals surface area contributed by atoms with Crippen molar-refractivity contribution in [2.75, 3.05) is 5.32 Å². The minimum absolute atomic E-state index is 0.101. The monoisotopic (exact) mass is 294 g/mol. The number of unbranched alkanes of at least 4 members (excludes halogenated alkanes) is 1. The van der Waals surface area contributed by atoms with E-state index >= 15 is 0 Å². The molecule has 0 saturated carbocycles. The molecule has 0 aliphatic carbocycles. The number of hydrogen-bond donors (Lipinski definition) is 4. The lowest BCUT2D eigenvalue weighted by molar-refractivity contribution is -0.117. The Morgan fingerprint density at radius 1 is 1.14 bits per heavy atom. The van der Waals surface area contributed by atoms with Gasteiger partial charge in [-0.15, -0.1) is 0 Å². The summed E-state index contributed by atoms with van der Waals surface area (Å²) in [6, 6.07) is 2.70. The molecule has 1 aromatic carbocycles. The van der Waals surface area contributed by atoms with Crippen LogP contribution >= 0.6 is 0 Å². The largest absolute Gasteiger partial charge is 0.478 e. The minimum atomic E-state index is -1.27. The number of benzene rings is 1. The molecular formula is C14H18N2O5. The van der Waals surface area contributed by atoms with Crippen molar-refractivity contribution in [1.29, 1.82) is 0 Å². The molecule has 0 heterocycles. The van der Waals surface area contributed by atoms with Crippen molar-refractivity contribution in [3.05, 3.63) is 29.3 Å². The molecule has 0 aliphatic heterocycles. The lowest BCUT2D eigenvalue weighted by Gasteiger charge is -2.12. The first kappa shape index (κ1) is 16.6. The zero-order valence-electron chi connectivity index (χ0n) is 11.6. The molecule has 7 nitrogen and oxygen atoms in total. The number of carboxylic acid groups (broad SMARTS) is 2. The number of nitrogens with one attached hydrogen (secondary N) is 1. The molecule has 1 aromatic rings. The van der Waals surface area contributed by atoms with Crippen LogP contribution in [0.5, 0.6) is 0 Å². The standard InChI is InChI=1S/C14H18N2O5/c1-2-3-4-11(15)12(17)16-10-6-8(13(18)19)5-9(7-10)14(20)21/h5-7,11H,2-4,15H2,1H3,(H,16,17)(H,18,19)(H,20,21)/t11-/m0/s1. The topological polar surface area (TPSA) is 130 Å². The number of hydrogen-bond acceptors (Lipinski definition) is 4. The quantitative estimate of drug-likeness (QED) is 0.603. The van der Waals surface area contributed by atoms with Gasteiger partial charge in [0.15, 0.2) is 0 Å². The lowest BCUT2D eigenvalue weighted by atomic mass is 10.1. The Bertz CT molecular complexity index is 524. The summed E-state index contributed by atoms with van der Waals surface area (Å²) in [6.07, 6.45) is 2.20. The van der Waals surface area contributed by atoms with Gasteiger partial charge in [-0.05, 0) is 24.6 Å². The molecule has 0 saturated heterocycles. The average molecular weight is 294 g/mol. The summed E-state index contributed by atoms with van der Waals surface area (Å²) in [4.78, 5) is 33.8. The van der Waals surface area contributed by atoms with Crippen LogP contribution in [0.3, 0.4) is 0 Å². The minimum Gasteiger partial charge on any atom is -0.478 e. The van der Waals surface area contributed by atoms with E-state index in [0.717, 1.165) is 18.9 Å². The summed E-state index contributed by atoms with van der Waals surface area (Å²) in [7, 11) is 0. The first-order valence-corrected chi connectivity index (χ1v) is 6.53. The van der Waals surface area contributed by atoms with Gasteiger partial charge in [0.25, 0.3) is 0 Å². The Morgan fingerprint density at radius 3 is 2.10 bits per heavy atom. The van der Waals surface area contributed by atoms with Crippen molar-refractivity contribution >= 4 is 23.5 Å². The SMILES string of the molecule is CCCC[C@H](N)C(=O)Nc1cc(C(=O)O)cc(C(=O)O)c1. The lowest BCUT2D eigenvalue weighted by Crippen LogP contribution is -2.35. The van der Waals surface area contributed by atoms with Crippen molar-refractivity contribution in [2.24, 2.45) is 5.73 Å². The van der Waals surface area contributed by atoms with E-state index in [0.29, 0.717) is 6.42 Å². The molecule has 0 aromatic heterocycles. The second-order valence-electron chi connectivity index (χ2n) is 4.65. The van der Waals surface area contributed by atoms with Gasteiger partial charge in [0.2, 0.25) is 5.91 Å². The van der Waals surface area contributed by atoms with Crippen LogP contribution in [0.4, 0.5) is 5.69 Å². The van der Waals surface area contributed by atoms with E-state index in [4.69, 9.17) is 15.9 Å². The maximum absolute atomic E-state index is 11.8. The molecule has 1 rings (SSSR count). The van der Waals surface area contributed by atoms with E-state index in [1.165, 1.54) is 12.1 Å². The molecule has 0 unspecified atom stereocenters. The highest BCUT2D eigenvalue weighted by atomic mass is 16.4. The smallest absolute Gasteiger partial charge is 0.335 e. The summed E-state index contributed by atoms with van der Waals surface area (Å²) < 4.78 is 0. The maximum atomic E-state index is 11.8. The second kappa shape index (κ2) is 7.39. The third-order valence-corrected chi connectivity index (χ3v) is 2.90. The van der Waals surface area contributed by atoms with Crippen molar-refractivity contribution in [1.82, 2.24) is 0 Å². The highest BCUT2D eigenvalue weighted by Gasteiger charge is 2.16. The molecule has 0 spiro atoms. The van der Waals surface area contributed by atoms with Crippen molar-refractivity contribution in [2.45, 2.75) is 32.2 Å². The summed E-state index contributed by atoms with van der Waals surface area (Å²) in [5.41, 5.74) is 5.37. The van der Waals surface area contributed by atoms with E-state index in [9.17, 15) is 14.4 Å². The number of amides is 1. The maximum Gasteiger partial charge on any atom is 0.335 e. The molecule has 1 atom stereocenters. The third-order valence-electron chi connectivity index (χ3n) is 2.90. The predicted octanol–water partition coefficient (Wildman–Crippen LogP) is 1.54. The van der Waals surface area contributed by atoms with Gasteiger partial charge in [0.05, 0.1) is 17.2 Å². The number of carbonyl (C=O) groups is 3. The van der Waals surface area contributed by atoms with E-state index in [2.05, 4.69) is 5.32 Å². The van der Waals surface area contributed by atoms with Crippen LogP contribution in [-0.2, 0) is 4.79 Å². The molecule has 5 N–H and O–H groups in total. The van der Waals surface area contributed by atoms with E-state index in [1.54, 1.807) is 0 Å². The van der Waals surface area contributed by atoms with Crippen LogP contribution in [-0.4, -0.2) is 34.1 Å². The molecule has 21 heavy (non-hydrogen) atoms. The van der Waals surface area contributed by atoms with Crippen LogP contribution in [0.2, 0.25) is 0 Å². The van der Waals surface area contributed by atoms with Crippen molar-refractivity contribution < 1.29 is 24.6 Å². The summed E-state index contributed by atoms with van der Waals surface area (Å²) in [6.45, 7) is 1.97. The van der Waals surface area contributed by atoms with Crippen molar-refractivity contribution in [3.63, 3.8) is 0 Å². The van der Waals surface area contributed by atoms with Gasteiger partial charge in [-0.25, -0.2) is 9.59 Å². The Balaban J connectivity index is 2.94. The predicted molar refractivity (Wildman–Crippen MR) is 76.5 cm³/mol. The number of carboxylic acids is 2. The zero-order chi connectivity index (χ0) is 16.0. The van der Waals surface area contributed by atoms with Crippen LogP contribution in [0.15, 0.2) is 18.2 Å². The molecule has 0 aliphatic rings. The fraction of sp³-hybridized carbons (Fsp3) is 0.357. The Labute approximate surface area is 121 Å².